The predicted molar refractivity (Wildman–Crippen MR) is 10.5 cm³/mol. The molecule has 0 aliphatic carbocycles. The molecule has 0 radical (unpaired) electrons. The van der Waals surface area contributed by atoms with Crippen LogP contribution in [0.15, 0.2) is 0 Å². The van der Waals surface area contributed by atoms with Crippen LogP contribution in [0.5, 0.6) is 0 Å². The summed E-state index contributed by atoms with van der Waals surface area (Å²) in [4.78, 5) is 0. The van der Waals surface area contributed by atoms with Crippen molar-refractivity contribution in [2.24, 2.45) is 0 Å². The molecule has 6 heavy (non-hydrogen) atoms. The van der Waals surface area contributed by atoms with E-state index in [0.29, 0.717) is 0 Å². The molecule has 0 bridgehead atoms. The van der Waals surface area contributed by atoms with Gasteiger partial charge in [0.2, 0.25) is 0 Å². The first kappa shape index (κ1) is 16.0. The van der Waals surface area contributed by atoms with Gasteiger partial charge < -0.3 is 0 Å². The number of rotatable bonds is 0. The molecule has 0 spiro atoms. The fraction of sp³-hybridized carbons (Fsp3) is 0. The zero-order chi connectivity index (χ0) is 3.58. The van der Waals surface area contributed by atoms with Gasteiger partial charge in [-0.2, -0.15) is 0 Å². The van der Waals surface area contributed by atoms with Gasteiger partial charge in [-0.1, -0.05) is 0 Å². The summed E-state index contributed by atoms with van der Waals surface area (Å²) >= 11 is -4.44. The summed E-state index contributed by atoms with van der Waals surface area (Å²) in [5.74, 6) is 0. The van der Waals surface area contributed by atoms with Crippen LogP contribution >= 0.6 is 0 Å². The maximum absolute atomic E-state index is 9.78. The molecule has 0 amide bonds. The third kappa shape index (κ3) is 28.3. The molecule has 0 fully saturated rings. The SMILES string of the molecule is [F][Lu]([F])[F].[Gd].[LiH]. The van der Waals surface area contributed by atoms with E-state index in [1.807, 2.05) is 0 Å². The van der Waals surface area contributed by atoms with E-state index in [1.165, 1.54) is 0 Å². The van der Waals surface area contributed by atoms with Crippen LogP contribution in [0.2, 0.25) is 0 Å². The molecule has 0 aliphatic heterocycles. The molecule has 0 aromatic carbocycles. The van der Waals surface area contributed by atoms with Crippen molar-refractivity contribution in [3.63, 3.8) is 0 Å². The third-order valence-corrected chi connectivity index (χ3v) is 0. The van der Waals surface area contributed by atoms with E-state index in [1.54, 1.807) is 0 Å². The monoisotopic (exact) mass is 398 g/mol. The zero-order valence-corrected chi connectivity index (χ0v) is 5.67. The molecule has 0 aromatic rings. The van der Waals surface area contributed by atoms with Gasteiger partial charge >= 0.3 is 56.7 Å². The summed E-state index contributed by atoms with van der Waals surface area (Å²) < 4.78 is 29.3. The van der Waals surface area contributed by atoms with Crippen molar-refractivity contribution in [2.45, 2.75) is 0 Å². The second-order valence-electron chi connectivity index (χ2n) is 0.111. The molecule has 0 heterocycles. The summed E-state index contributed by atoms with van der Waals surface area (Å²) in [5.41, 5.74) is 0. The second-order valence-corrected chi connectivity index (χ2v) is 0.821. The Morgan fingerprint density at radius 1 is 1.00 bits per heavy atom. The fourth-order valence-corrected chi connectivity index (χ4v) is 0. The summed E-state index contributed by atoms with van der Waals surface area (Å²) in [6.45, 7) is 0. The van der Waals surface area contributed by atoms with Crippen LogP contribution in [0.1, 0.15) is 0 Å². The molecule has 0 saturated heterocycles. The minimum absolute atomic E-state index is 0. The molecule has 0 aromatic heterocycles. The molecular formula is HF3GdLiLu. The molecule has 0 atom stereocenters. The Hall–Kier alpha value is 2.95. The van der Waals surface area contributed by atoms with E-state index >= 15 is 0 Å². The standard InChI is InChI=1S/3FH.Gd.Li.Lu.H/h3*1H;;;;/q;;;;;+3;/p-3. The summed E-state index contributed by atoms with van der Waals surface area (Å²) in [5, 5.41) is 0. The maximum atomic E-state index is 9.78. The number of hydrogen-bond acceptors (Lipinski definition) is 0. The van der Waals surface area contributed by atoms with Gasteiger partial charge in [0, 0.05) is 39.9 Å². The van der Waals surface area contributed by atoms with E-state index in [2.05, 4.69) is 0 Å². The molecule has 0 nitrogen and oxygen atoms in total. The Kier molecular flexibility index (Phi) is 28.9. The van der Waals surface area contributed by atoms with Crippen LogP contribution in [0, 0.1) is 73.4 Å². The first-order valence-electron chi connectivity index (χ1n) is 0.293. The normalized spacial score (nSPS) is 7.50. The van der Waals surface area contributed by atoms with Gasteiger partial charge in [-0.05, 0) is 0 Å². The predicted octanol–water partition coefficient (Wildman–Crippen LogP) is 0.612. The van der Waals surface area contributed by atoms with Crippen LogP contribution in [-0.2, 0) is 0 Å². The molecule has 0 saturated carbocycles. The molecule has 0 rings (SSSR count). The van der Waals surface area contributed by atoms with E-state index in [0.717, 1.165) is 0 Å². The molecule has 46 valence electrons. The van der Waals surface area contributed by atoms with Crippen molar-refractivity contribution < 1.29 is 77.7 Å². The Labute approximate surface area is 94.2 Å². The van der Waals surface area contributed by atoms with Gasteiger partial charge in [0.1, 0.15) is 0 Å². The molecule has 6 heteroatoms. The van der Waals surface area contributed by atoms with Gasteiger partial charge in [0.15, 0.2) is 0 Å². The molecule has 0 aliphatic rings. The zero-order valence-electron chi connectivity index (χ0n) is 1.75. The van der Waals surface area contributed by atoms with Crippen molar-refractivity contribution in [1.82, 2.24) is 0 Å². The average molecular weight is 397 g/mol. The summed E-state index contributed by atoms with van der Waals surface area (Å²) in [7, 11) is 0. The van der Waals surface area contributed by atoms with E-state index < -0.39 is 33.4 Å². The van der Waals surface area contributed by atoms with Gasteiger partial charge in [-0.15, -0.1) is 0 Å². The van der Waals surface area contributed by atoms with Crippen LogP contribution < -0.4 is 0 Å². The van der Waals surface area contributed by atoms with Crippen molar-refractivity contribution in [3.05, 3.63) is 0 Å². The average Bonchev–Trinajstić information content (AvgIpc) is 0.811. The summed E-state index contributed by atoms with van der Waals surface area (Å²) in [6, 6.07) is 0. The van der Waals surface area contributed by atoms with E-state index in [4.69, 9.17) is 0 Å². The Bertz CT molecular complexity index is 15.5. The van der Waals surface area contributed by atoms with Crippen molar-refractivity contribution in [1.29, 1.82) is 0 Å². The molecular weight excluding hydrogens is 396 g/mol. The van der Waals surface area contributed by atoms with Gasteiger partial charge in [-0.25, -0.2) is 0 Å². The minimum atomic E-state index is -4.44. The van der Waals surface area contributed by atoms with Crippen molar-refractivity contribution in [3.8, 4) is 0 Å². The number of halogens is 3. The number of hydrogen-bond donors (Lipinski definition) is 0. The van der Waals surface area contributed by atoms with Crippen molar-refractivity contribution >= 4 is 18.9 Å². The Balaban J connectivity index is -0.0000000450. The first-order valence-corrected chi connectivity index (χ1v) is 2.17. The topological polar surface area (TPSA) is 0 Å². The van der Waals surface area contributed by atoms with Crippen molar-refractivity contribution in [2.75, 3.05) is 0 Å². The molecule has 0 unspecified atom stereocenters. The first-order chi connectivity index (χ1) is 1.73. The third-order valence-electron chi connectivity index (χ3n) is 0. The van der Waals surface area contributed by atoms with Crippen LogP contribution in [0.25, 0.3) is 0 Å². The van der Waals surface area contributed by atoms with Gasteiger partial charge in [0.25, 0.3) is 0 Å². The fourth-order valence-electron chi connectivity index (χ4n) is 0. The van der Waals surface area contributed by atoms with Crippen LogP contribution in [0.3, 0.4) is 0 Å². The summed E-state index contributed by atoms with van der Waals surface area (Å²) in [6.07, 6.45) is 0. The second kappa shape index (κ2) is 10.8. The van der Waals surface area contributed by atoms with Gasteiger partial charge in [-0.3, -0.25) is 0 Å². The van der Waals surface area contributed by atoms with E-state index in [9.17, 15) is 4.39 Å². The van der Waals surface area contributed by atoms with Crippen LogP contribution in [0.4, 0.5) is 4.39 Å². The quantitative estimate of drug-likeness (QED) is 0.526. The Morgan fingerprint density at radius 3 is 1.00 bits per heavy atom. The van der Waals surface area contributed by atoms with Crippen LogP contribution in [-0.4, -0.2) is 18.9 Å². The van der Waals surface area contributed by atoms with E-state index in [-0.39, 0.29) is 58.8 Å². The Morgan fingerprint density at radius 2 is 1.00 bits per heavy atom. The van der Waals surface area contributed by atoms with Gasteiger partial charge in [0.05, 0.1) is 0 Å². The molecule has 0 N–H and O–H groups in total.